The maximum Gasteiger partial charge on any atom is 0.270 e. The van der Waals surface area contributed by atoms with Crippen molar-refractivity contribution in [2.24, 2.45) is 0 Å². The molecule has 0 bridgehead atoms. The number of alkyl halides is 3. The summed E-state index contributed by atoms with van der Waals surface area (Å²) in [5.41, 5.74) is 2.26. The lowest BCUT2D eigenvalue weighted by atomic mass is 10.0. The van der Waals surface area contributed by atoms with Crippen LogP contribution in [0.3, 0.4) is 0 Å². The summed E-state index contributed by atoms with van der Waals surface area (Å²) in [6, 6.07) is 7.71. The van der Waals surface area contributed by atoms with Crippen molar-refractivity contribution in [2.45, 2.75) is 31.9 Å². The Morgan fingerprint density at radius 2 is 1.73 bits per heavy atom. The van der Waals surface area contributed by atoms with Crippen LogP contribution in [-0.2, 0) is 5.92 Å². The molecule has 0 saturated carbocycles. The molecule has 0 radical (unpaired) electrons. The maximum absolute atomic E-state index is 13.6. The number of anilines is 1. The highest BCUT2D eigenvalue weighted by Gasteiger charge is 2.25. The Hall–Kier alpha value is -2.67. The first-order valence-corrected chi connectivity index (χ1v) is 10.1. The summed E-state index contributed by atoms with van der Waals surface area (Å²) in [4.78, 5) is 15.4. The Morgan fingerprint density at radius 3 is 2.37 bits per heavy atom. The van der Waals surface area contributed by atoms with E-state index in [1.54, 1.807) is 30.6 Å². The fraction of sp³-hybridized carbons (Fsp3) is 0.318. The van der Waals surface area contributed by atoms with Crippen molar-refractivity contribution in [1.82, 2.24) is 15.0 Å². The van der Waals surface area contributed by atoms with E-state index in [0.717, 1.165) is 6.92 Å². The molecule has 3 heterocycles. The van der Waals surface area contributed by atoms with Gasteiger partial charge in [-0.25, -0.2) is 18.2 Å². The molecule has 0 aliphatic carbocycles. The number of benzene rings is 1. The van der Waals surface area contributed by atoms with Crippen molar-refractivity contribution >= 4 is 17.4 Å². The molecule has 0 spiro atoms. The van der Waals surface area contributed by atoms with E-state index in [-0.39, 0.29) is 5.56 Å². The third-order valence-electron chi connectivity index (χ3n) is 5.20. The van der Waals surface area contributed by atoms with Gasteiger partial charge in [0.1, 0.15) is 17.7 Å². The van der Waals surface area contributed by atoms with E-state index in [2.05, 4.69) is 9.97 Å². The SMILES string of the molecule is CC(F)(F)c1ccc(-c2ncc(N3CCC(F)CC3)nc2-c2ccncc2Cl)cc1. The van der Waals surface area contributed by atoms with Crippen LogP contribution in [0.15, 0.2) is 48.9 Å². The van der Waals surface area contributed by atoms with Gasteiger partial charge in [-0.15, -0.1) is 0 Å². The molecule has 4 nitrogen and oxygen atoms in total. The average Bonchev–Trinajstić information content (AvgIpc) is 2.74. The summed E-state index contributed by atoms with van der Waals surface area (Å²) in [6.07, 6.45) is 4.86. The Kier molecular flexibility index (Phi) is 5.64. The van der Waals surface area contributed by atoms with Gasteiger partial charge in [0, 0.05) is 49.1 Å². The molecule has 1 saturated heterocycles. The number of hydrogen-bond donors (Lipinski definition) is 0. The molecule has 0 atom stereocenters. The number of nitrogens with zero attached hydrogens (tertiary/aromatic N) is 4. The third-order valence-corrected chi connectivity index (χ3v) is 5.50. The lowest BCUT2D eigenvalue weighted by Gasteiger charge is -2.29. The lowest BCUT2D eigenvalue weighted by Crippen LogP contribution is -2.35. The largest absolute Gasteiger partial charge is 0.355 e. The number of aromatic nitrogens is 3. The van der Waals surface area contributed by atoms with Gasteiger partial charge in [0.15, 0.2) is 0 Å². The monoisotopic (exact) mass is 432 g/mol. The van der Waals surface area contributed by atoms with E-state index in [1.807, 2.05) is 4.90 Å². The predicted molar refractivity (Wildman–Crippen MR) is 112 cm³/mol. The van der Waals surface area contributed by atoms with Crippen molar-refractivity contribution in [3.8, 4) is 22.5 Å². The number of halogens is 4. The van der Waals surface area contributed by atoms with Gasteiger partial charge in [-0.1, -0.05) is 35.9 Å². The van der Waals surface area contributed by atoms with Crippen molar-refractivity contribution in [3.63, 3.8) is 0 Å². The minimum absolute atomic E-state index is 0.0755. The predicted octanol–water partition coefficient (Wildman–Crippen LogP) is 5.91. The Morgan fingerprint density at radius 1 is 1.03 bits per heavy atom. The van der Waals surface area contributed by atoms with E-state index in [0.29, 0.717) is 59.3 Å². The molecule has 0 amide bonds. The molecule has 1 aliphatic heterocycles. The van der Waals surface area contributed by atoms with Gasteiger partial charge in [-0.3, -0.25) is 9.97 Å². The Balaban J connectivity index is 1.79. The topological polar surface area (TPSA) is 41.9 Å². The first-order chi connectivity index (χ1) is 14.3. The summed E-state index contributed by atoms with van der Waals surface area (Å²) in [6.45, 7) is 1.97. The highest BCUT2D eigenvalue weighted by molar-refractivity contribution is 6.33. The number of hydrogen-bond acceptors (Lipinski definition) is 4. The van der Waals surface area contributed by atoms with E-state index in [9.17, 15) is 13.2 Å². The highest BCUT2D eigenvalue weighted by atomic mass is 35.5. The van der Waals surface area contributed by atoms with Gasteiger partial charge in [0.25, 0.3) is 5.92 Å². The number of pyridine rings is 1. The summed E-state index contributed by atoms with van der Waals surface area (Å²) >= 11 is 6.37. The molecule has 1 fully saturated rings. The molecule has 2 aromatic heterocycles. The van der Waals surface area contributed by atoms with Crippen LogP contribution in [0.5, 0.6) is 0 Å². The van der Waals surface area contributed by atoms with Crippen LogP contribution < -0.4 is 4.90 Å². The highest BCUT2D eigenvalue weighted by Crippen LogP contribution is 2.36. The van der Waals surface area contributed by atoms with Gasteiger partial charge in [0.2, 0.25) is 0 Å². The van der Waals surface area contributed by atoms with E-state index in [1.165, 1.54) is 18.3 Å². The molecule has 4 rings (SSSR count). The average molecular weight is 433 g/mol. The molecular weight excluding hydrogens is 413 g/mol. The van der Waals surface area contributed by atoms with Gasteiger partial charge in [-0.2, -0.15) is 0 Å². The molecule has 8 heteroatoms. The Bertz CT molecular complexity index is 1030. The molecule has 1 aliphatic rings. The molecule has 156 valence electrons. The second-order valence-corrected chi connectivity index (χ2v) is 7.82. The molecule has 30 heavy (non-hydrogen) atoms. The summed E-state index contributed by atoms with van der Waals surface area (Å²) < 4.78 is 40.7. The second kappa shape index (κ2) is 8.22. The maximum atomic E-state index is 13.6. The zero-order valence-electron chi connectivity index (χ0n) is 16.3. The van der Waals surface area contributed by atoms with Gasteiger partial charge in [0.05, 0.1) is 16.9 Å². The molecule has 0 N–H and O–H groups in total. The molecule has 3 aromatic rings. The molecule has 0 unspecified atom stereocenters. The first-order valence-electron chi connectivity index (χ1n) is 9.67. The fourth-order valence-corrected chi connectivity index (χ4v) is 3.71. The van der Waals surface area contributed by atoms with Gasteiger partial charge >= 0.3 is 0 Å². The van der Waals surface area contributed by atoms with Crippen LogP contribution >= 0.6 is 11.6 Å². The van der Waals surface area contributed by atoms with Crippen LogP contribution in [0.4, 0.5) is 19.0 Å². The minimum Gasteiger partial charge on any atom is -0.355 e. The van der Waals surface area contributed by atoms with Crippen LogP contribution in [0, 0.1) is 0 Å². The van der Waals surface area contributed by atoms with Crippen LogP contribution in [-0.4, -0.2) is 34.2 Å². The zero-order chi connectivity index (χ0) is 21.3. The lowest BCUT2D eigenvalue weighted by molar-refractivity contribution is 0.0175. The molecular formula is C22H20ClF3N4. The van der Waals surface area contributed by atoms with E-state index >= 15 is 0 Å². The third kappa shape index (κ3) is 4.26. The normalized spacial score (nSPS) is 15.4. The number of rotatable bonds is 4. The van der Waals surface area contributed by atoms with Crippen molar-refractivity contribution in [2.75, 3.05) is 18.0 Å². The zero-order valence-corrected chi connectivity index (χ0v) is 17.1. The molecule has 1 aromatic carbocycles. The van der Waals surface area contributed by atoms with Crippen LogP contribution in [0.1, 0.15) is 25.3 Å². The summed E-state index contributed by atoms with van der Waals surface area (Å²) in [5, 5.41) is 0.407. The smallest absolute Gasteiger partial charge is 0.270 e. The van der Waals surface area contributed by atoms with Crippen molar-refractivity contribution in [1.29, 1.82) is 0 Å². The quantitative estimate of drug-likeness (QED) is 0.514. The van der Waals surface area contributed by atoms with Crippen molar-refractivity contribution in [3.05, 3.63) is 59.5 Å². The standard InChI is InChI=1S/C22H20ClF3N4/c1-22(25,26)15-4-2-14(3-5-15)20-21(17-6-9-27-12-18(17)23)29-19(13-28-20)30-10-7-16(24)8-11-30/h2-6,9,12-13,16H,7-8,10-11H2,1H3. The van der Waals surface area contributed by atoms with Gasteiger partial charge < -0.3 is 4.90 Å². The van der Waals surface area contributed by atoms with Crippen molar-refractivity contribution < 1.29 is 13.2 Å². The fourth-order valence-electron chi connectivity index (χ4n) is 3.50. The van der Waals surface area contributed by atoms with Crippen LogP contribution in [0.2, 0.25) is 5.02 Å². The summed E-state index contributed by atoms with van der Waals surface area (Å²) in [5.74, 6) is -2.29. The minimum atomic E-state index is -2.92. The first kappa shape index (κ1) is 20.6. The van der Waals surface area contributed by atoms with Crippen LogP contribution in [0.25, 0.3) is 22.5 Å². The second-order valence-electron chi connectivity index (χ2n) is 7.41. The summed E-state index contributed by atoms with van der Waals surface area (Å²) in [7, 11) is 0. The van der Waals surface area contributed by atoms with E-state index < -0.39 is 12.1 Å². The van der Waals surface area contributed by atoms with E-state index in [4.69, 9.17) is 16.6 Å². The Labute approximate surface area is 177 Å². The van der Waals surface area contributed by atoms with Gasteiger partial charge in [-0.05, 0) is 18.9 Å². The number of piperidine rings is 1.